The van der Waals surface area contributed by atoms with Crippen molar-refractivity contribution < 1.29 is 23.1 Å². The molecule has 2 rings (SSSR count). The predicted octanol–water partition coefficient (Wildman–Crippen LogP) is 6.23. The van der Waals surface area contributed by atoms with Crippen molar-refractivity contribution in [2.75, 3.05) is 0 Å². The highest BCUT2D eigenvalue weighted by molar-refractivity contribution is 7.55. The third kappa shape index (κ3) is 7.82. The molecule has 2 aromatic carbocycles. The van der Waals surface area contributed by atoms with Crippen LogP contribution in [0.2, 0.25) is 0 Å². The van der Waals surface area contributed by atoms with Crippen LogP contribution in [-0.4, -0.2) is 17.5 Å². The summed E-state index contributed by atoms with van der Waals surface area (Å²) in [7, 11) is -3.86. The van der Waals surface area contributed by atoms with Crippen molar-refractivity contribution in [1.29, 1.82) is 0 Å². The Labute approximate surface area is 173 Å². The van der Waals surface area contributed by atoms with Crippen molar-refractivity contribution in [3.8, 4) is 11.5 Å². The molecule has 0 heterocycles. The summed E-state index contributed by atoms with van der Waals surface area (Å²) in [5.41, 5.74) is -0.684. The zero-order chi connectivity index (χ0) is 21.5. The first-order valence-electron chi connectivity index (χ1n) is 9.66. The fourth-order valence-corrected chi connectivity index (χ4v) is 4.63. The summed E-state index contributed by atoms with van der Waals surface area (Å²) in [6.45, 7) is 9.25. The van der Waals surface area contributed by atoms with Crippen molar-refractivity contribution in [2.45, 2.75) is 52.4 Å². The number of benzene rings is 2. The van der Waals surface area contributed by atoms with Gasteiger partial charge in [0.15, 0.2) is 5.78 Å². The van der Waals surface area contributed by atoms with Crippen LogP contribution in [0.4, 0.5) is 4.79 Å². The smallest absolute Gasteiger partial charge is 0.444 e. The van der Waals surface area contributed by atoms with Gasteiger partial charge >= 0.3 is 13.7 Å². The van der Waals surface area contributed by atoms with Crippen molar-refractivity contribution in [1.82, 2.24) is 5.32 Å². The van der Waals surface area contributed by atoms with E-state index in [1.165, 1.54) is 0 Å². The maximum atomic E-state index is 14.0. The van der Waals surface area contributed by atoms with Crippen LogP contribution >= 0.6 is 7.60 Å². The van der Waals surface area contributed by atoms with Gasteiger partial charge in [-0.05, 0) is 57.4 Å². The Kier molecular flexibility index (Phi) is 7.74. The van der Waals surface area contributed by atoms with Crippen molar-refractivity contribution >= 4 is 13.7 Å². The molecule has 1 atom stereocenters. The van der Waals surface area contributed by atoms with Gasteiger partial charge in [0.2, 0.25) is 0 Å². The van der Waals surface area contributed by atoms with Crippen LogP contribution in [0.1, 0.15) is 41.0 Å². The Morgan fingerprint density at radius 3 is 1.76 bits per heavy atom. The molecule has 0 aliphatic rings. The molecule has 158 valence electrons. The molecule has 1 unspecified atom stereocenters. The Bertz CT molecular complexity index is 773. The van der Waals surface area contributed by atoms with Gasteiger partial charge in [-0.3, -0.25) is 0 Å². The number of rotatable bonds is 8. The van der Waals surface area contributed by atoms with Gasteiger partial charge in [-0.25, -0.2) is 9.36 Å². The zero-order valence-electron chi connectivity index (χ0n) is 17.6. The largest absolute Gasteiger partial charge is 0.453 e. The second-order valence-electron chi connectivity index (χ2n) is 8.14. The third-order valence-electron chi connectivity index (χ3n) is 3.71. The van der Waals surface area contributed by atoms with E-state index in [1.54, 1.807) is 69.3 Å². The van der Waals surface area contributed by atoms with Gasteiger partial charge in [-0.2, -0.15) is 0 Å². The van der Waals surface area contributed by atoms with Gasteiger partial charge in [-0.15, -0.1) is 0 Å². The molecule has 0 radical (unpaired) electrons. The van der Waals surface area contributed by atoms with E-state index in [9.17, 15) is 9.36 Å². The second-order valence-corrected chi connectivity index (χ2v) is 10.2. The highest BCUT2D eigenvalue weighted by atomic mass is 31.2. The van der Waals surface area contributed by atoms with Gasteiger partial charge in [0.1, 0.15) is 17.1 Å². The number of carbonyl (C=O) groups is 1. The van der Waals surface area contributed by atoms with Crippen molar-refractivity contribution in [3.63, 3.8) is 0 Å². The van der Waals surface area contributed by atoms with Gasteiger partial charge in [0, 0.05) is 0 Å². The number of hydrogen-bond acceptors (Lipinski definition) is 5. The zero-order valence-corrected chi connectivity index (χ0v) is 18.5. The van der Waals surface area contributed by atoms with Crippen molar-refractivity contribution in [2.24, 2.45) is 5.92 Å². The lowest BCUT2D eigenvalue weighted by Gasteiger charge is -2.30. The van der Waals surface area contributed by atoms with E-state index in [0.717, 1.165) is 0 Å². The lowest BCUT2D eigenvalue weighted by molar-refractivity contribution is 0.0511. The first-order chi connectivity index (χ1) is 13.6. The standard InChI is InChI=1S/C22H30NO5P/c1-17(2)16-20(23-21(24)26-22(3,4)5)29(25,27-18-12-8-6-9-13-18)28-19-14-10-7-11-15-19/h6-15,17,20H,16H2,1-5H3,(H,23,24). The first-order valence-corrected chi connectivity index (χ1v) is 11.3. The molecule has 1 amide bonds. The molecule has 7 heteroatoms. The van der Waals surface area contributed by atoms with E-state index in [2.05, 4.69) is 5.32 Å². The lowest BCUT2D eigenvalue weighted by Crippen LogP contribution is -2.41. The quantitative estimate of drug-likeness (QED) is 0.513. The van der Waals surface area contributed by atoms with E-state index >= 15 is 0 Å². The molecule has 0 spiro atoms. The second kappa shape index (κ2) is 9.84. The fraction of sp³-hybridized carbons (Fsp3) is 0.409. The van der Waals surface area contributed by atoms with Gasteiger partial charge < -0.3 is 19.1 Å². The van der Waals surface area contributed by atoms with Gasteiger partial charge in [0.25, 0.3) is 0 Å². The number of amides is 1. The molecule has 1 N–H and O–H groups in total. The number of carbonyl (C=O) groups excluding carboxylic acids is 1. The van der Waals surface area contributed by atoms with Crippen LogP contribution in [0.5, 0.6) is 11.5 Å². The molecule has 0 saturated heterocycles. The lowest BCUT2D eigenvalue weighted by atomic mass is 10.1. The number of nitrogens with one attached hydrogen (secondary N) is 1. The summed E-state index contributed by atoms with van der Waals surface area (Å²) < 4.78 is 31.1. The summed E-state index contributed by atoms with van der Waals surface area (Å²) >= 11 is 0. The molecule has 29 heavy (non-hydrogen) atoms. The Morgan fingerprint density at radius 2 is 1.38 bits per heavy atom. The number of para-hydroxylation sites is 2. The van der Waals surface area contributed by atoms with Crippen LogP contribution in [-0.2, 0) is 9.30 Å². The summed E-state index contributed by atoms with van der Waals surface area (Å²) in [6, 6.07) is 17.6. The molecule has 0 aromatic heterocycles. The Morgan fingerprint density at radius 1 is 0.931 bits per heavy atom. The Hall–Kier alpha value is -2.46. The summed E-state index contributed by atoms with van der Waals surface area (Å²) in [5, 5.41) is 2.71. The molecule has 0 bridgehead atoms. The van der Waals surface area contributed by atoms with Crippen LogP contribution in [0.25, 0.3) is 0 Å². The summed E-state index contributed by atoms with van der Waals surface area (Å²) in [4.78, 5) is 12.4. The monoisotopic (exact) mass is 419 g/mol. The fourth-order valence-electron chi connectivity index (χ4n) is 2.56. The first kappa shape index (κ1) is 22.8. The maximum absolute atomic E-state index is 14.0. The van der Waals surface area contributed by atoms with Gasteiger partial charge in [-0.1, -0.05) is 50.2 Å². The average molecular weight is 419 g/mol. The highest BCUT2D eigenvalue weighted by Crippen LogP contribution is 2.53. The van der Waals surface area contributed by atoms with E-state index in [4.69, 9.17) is 13.8 Å². The molecule has 0 saturated carbocycles. The minimum atomic E-state index is -3.86. The minimum Gasteiger partial charge on any atom is -0.444 e. The molecular weight excluding hydrogens is 389 g/mol. The normalized spacial score (nSPS) is 12.9. The van der Waals surface area contributed by atoms with Gasteiger partial charge in [0.05, 0.1) is 0 Å². The highest BCUT2D eigenvalue weighted by Gasteiger charge is 2.41. The maximum Gasteiger partial charge on any atom is 0.453 e. The van der Waals surface area contributed by atoms with Crippen LogP contribution in [0.3, 0.4) is 0 Å². The molecule has 2 aromatic rings. The van der Waals surface area contributed by atoms with E-state index in [-0.39, 0.29) is 5.92 Å². The van der Waals surface area contributed by atoms with Crippen LogP contribution in [0.15, 0.2) is 60.7 Å². The SMILES string of the molecule is CC(C)CC(NC(=O)OC(C)(C)C)P(=O)(Oc1ccccc1)Oc1ccccc1. The van der Waals surface area contributed by atoms with Crippen LogP contribution < -0.4 is 14.4 Å². The van der Waals surface area contributed by atoms with Crippen LogP contribution in [0, 0.1) is 5.92 Å². The molecule has 0 aliphatic heterocycles. The molecule has 0 fully saturated rings. The van der Waals surface area contributed by atoms with E-state index in [0.29, 0.717) is 17.9 Å². The minimum absolute atomic E-state index is 0.127. The predicted molar refractivity (Wildman–Crippen MR) is 114 cm³/mol. The topological polar surface area (TPSA) is 73.9 Å². The van der Waals surface area contributed by atoms with Crippen molar-refractivity contribution in [3.05, 3.63) is 60.7 Å². The average Bonchev–Trinajstić information content (AvgIpc) is 2.61. The third-order valence-corrected chi connectivity index (χ3v) is 5.75. The summed E-state index contributed by atoms with van der Waals surface area (Å²) in [5.74, 6) is 0.0257. The van der Waals surface area contributed by atoms with E-state index < -0.39 is 25.1 Å². The molecule has 6 nitrogen and oxygen atoms in total. The Balaban J connectivity index is 2.36. The number of alkyl carbamates (subject to hydrolysis) is 1. The summed E-state index contributed by atoms with van der Waals surface area (Å²) in [6.07, 6.45) is -0.285. The van der Waals surface area contributed by atoms with E-state index in [1.807, 2.05) is 26.0 Å². The number of hydrogen-bond donors (Lipinski definition) is 1. The number of ether oxygens (including phenoxy) is 1. The molecule has 0 aliphatic carbocycles. The molecular formula is C22H30NO5P.